The highest BCUT2D eigenvalue weighted by molar-refractivity contribution is 9.10. The van der Waals surface area contributed by atoms with E-state index in [4.69, 9.17) is 0 Å². The number of hydrogen-bond acceptors (Lipinski definition) is 2. The van der Waals surface area contributed by atoms with Crippen molar-refractivity contribution >= 4 is 15.9 Å². The third-order valence-corrected chi connectivity index (χ3v) is 3.93. The molecule has 4 heteroatoms. The molecule has 1 aromatic rings. The lowest BCUT2D eigenvalue weighted by molar-refractivity contribution is -0.00950. The summed E-state index contributed by atoms with van der Waals surface area (Å²) in [6.07, 6.45) is 8.03. The highest BCUT2D eigenvalue weighted by Crippen LogP contribution is 2.40. The molecular weight excluding hydrogens is 268 g/mol. The van der Waals surface area contributed by atoms with Crippen molar-refractivity contribution in [2.24, 2.45) is 0 Å². The topological polar surface area (TPSA) is 38.0 Å². The van der Waals surface area contributed by atoms with E-state index in [1.54, 1.807) is 6.20 Å². The smallest absolute Gasteiger partial charge is 0.107 e. The molecule has 0 amide bonds. The maximum atomic E-state index is 10.7. The average molecular weight is 287 g/mol. The lowest BCUT2D eigenvalue weighted by Crippen LogP contribution is -2.32. The van der Waals surface area contributed by atoms with E-state index in [0.29, 0.717) is 0 Å². The van der Waals surface area contributed by atoms with Gasteiger partial charge in [-0.1, -0.05) is 26.2 Å². The summed E-state index contributed by atoms with van der Waals surface area (Å²) >= 11 is 3.51. The fraction of sp³-hybridized carbons (Fsp3) is 0.750. The van der Waals surface area contributed by atoms with Gasteiger partial charge in [0.1, 0.15) is 5.60 Å². The van der Waals surface area contributed by atoms with Crippen LogP contribution in [0.25, 0.3) is 0 Å². The van der Waals surface area contributed by atoms with Gasteiger partial charge in [0.15, 0.2) is 0 Å². The van der Waals surface area contributed by atoms with Crippen molar-refractivity contribution < 1.29 is 5.11 Å². The van der Waals surface area contributed by atoms with Crippen molar-refractivity contribution in [3.63, 3.8) is 0 Å². The zero-order chi connectivity index (χ0) is 11.6. The summed E-state index contributed by atoms with van der Waals surface area (Å²) in [7, 11) is 0. The molecule has 1 N–H and O–H groups in total. The summed E-state index contributed by atoms with van der Waals surface area (Å²) in [6, 6.07) is 0. The molecule has 3 nitrogen and oxygen atoms in total. The Morgan fingerprint density at radius 1 is 1.44 bits per heavy atom. The minimum atomic E-state index is -0.664. The predicted octanol–water partition coefficient (Wildman–Crippen LogP) is 3.21. The molecule has 1 heterocycles. The Bertz CT molecular complexity index is 356. The highest BCUT2D eigenvalue weighted by atomic mass is 79.9. The largest absolute Gasteiger partial charge is 0.384 e. The van der Waals surface area contributed by atoms with Crippen LogP contribution >= 0.6 is 15.9 Å². The summed E-state index contributed by atoms with van der Waals surface area (Å²) in [6.45, 7) is 3.01. The van der Waals surface area contributed by atoms with Gasteiger partial charge in [-0.05, 0) is 35.2 Å². The molecular formula is C12H19BrN2O. The van der Waals surface area contributed by atoms with Crippen LogP contribution in [0, 0.1) is 0 Å². The summed E-state index contributed by atoms with van der Waals surface area (Å²) in [5.74, 6) is 0. The molecule has 1 aliphatic rings. The van der Waals surface area contributed by atoms with Crippen LogP contribution in [-0.4, -0.2) is 14.9 Å². The minimum Gasteiger partial charge on any atom is -0.384 e. The van der Waals surface area contributed by atoms with Crippen LogP contribution < -0.4 is 0 Å². The van der Waals surface area contributed by atoms with Crippen LogP contribution in [0.1, 0.15) is 51.1 Å². The molecule has 0 saturated heterocycles. The second kappa shape index (κ2) is 4.88. The van der Waals surface area contributed by atoms with Gasteiger partial charge in [-0.25, -0.2) is 0 Å². The number of aryl methyl sites for hydroxylation is 1. The first-order chi connectivity index (χ1) is 7.67. The molecule has 2 rings (SSSR count). The Morgan fingerprint density at radius 2 is 2.12 bits per heavy atom. The monoisotopic (exact) mass is 286 g/mol. The standard InChI is InChI=1S/C12H19BrN2O/c1-2-8-15-11(10(13)9-14-15)12(16)6-4-3-5-7-12/h9,16H,2-8H2,1H3. The molecule has 16 heavy (non-hydrogen) atoms. The molecule has 0 aliphatic heterocycles. The van der Waals surface area contributed by atoms with E-state index in [1.807, 2.05) is 4.68 Å². The Balaban J connectivity index is 2.33. The van der Waals surface area contributed by atoms with Gasteiger partial charge in [0.05, 0.1) is 16.4 Å². The normalized spacial score (nSPS) is 19.9. The van der Waals surface area contributed by atoms with Gasteiger partial charge in [0.2, 0.25) is 0 Å². The van der Waals surface area contributed by atoms with Crippen LogP contribution in [0.4, 0.5) is 0 Å². The van der Waals surface area contributed by atoms with Gasteiger partial charge >= 0.3 is 0 Å². The van der Waals surface area contributed by atoms with E-state index in [1.165, 1.54) is 6.42 Å². The quantitative estimate of drug-likeness (QED) is 0.927. The summed E-state index contributed by atoms with van der Waals surface area (Å²) in [4.78, 5) is 0. The third-order valence-electron chi connectivity index (χ3n) is 3.35. The van der Waals surface area contributed by atoms with Gasteiger partial charge < -0.3 is 5.11 Å². The Labute approximate surface area is 105 Å². The highest BCUT2D eigenvalue weighted by Gasteiger charge is 2.36. The first-order valence-electron chi connectivity index (χ1n) is 6.11. The predicted molar refractivity (Wildman–Crippen MR) is 67.2 cm³/mol. The van der Waals surface area contributed by atoms with E-state index in [0.717, 1.165) is 48.8 Å². The van der Waals surface area contributed by atoms with E-state index >= 15 is 0 Å². The lowest BCUT2D eigenvalue weighted by Gasteiger charge is -2.33. The van der Waals surface area contributed by atoms with E-state index in [2.05, 4.69) is 28.0 Å². The molecule has 90 valence electrons. The third kappa shape index (κ3) is 2.18. The summed E-state index contributed by atoms with van der Waals surface area (Å²) in [5.41, 5.74) is 0.317. The van der Waals surface area contributed by atoms with E-state index in [9.17, 15) is 5.11 Å². The van der Waals surface area contributed by atoms with Crippen molar-refractivity contribution in [3.8, 4) is 0 Å². The zero-order valence-corrected chi connectivity index (χ0v) is 11.3. The molecule has 0 spiro atoms. The van der Waals surface area contributed by atoms with Crippen molar-refractivity contribution in [2.45, 2.75) is 57.6 Å². The van der Waals surface area contributed by atoms with Crippen LogP contribution in [0.5, 0.6) is 0 Å². The van der Waals surface area contributed by atoms with Crippen LogP contribution in [0.15, 0.2) is 10.7 Å². The van der Waals surface area contributed by atoms with Crippen LogP contribution in [-0.2, 0) is 12.1 Å². The number of nitrogens with zero attached hydrogens (tertiary/aromatic N) is 2. The van der Waals surface area contributed by atoms with Crippen molar-refractivity contribution in [1.29, 1.82) is 0 Å². The minimum absolute atomic E-state index is 0.664. The number of halogens is 1. The molecule has 1 aromatic heterocycles. The van der Waals surface area contributed by atoms with Gasteiger partial charge in [-0.3, -0.25) is 4.68 Å². The Hall–Kier alpha value is -0.350. The molecule has 0 bridgehead atoms. The molecule has 1 saturated carbocycles. The lowest BCUT2D eigenvalue weighted by atomic mass is 9.82. The molecule has 1 aliphatic carbocycles. The van der Waals surface area contributed by atoms with Crippen molar-refractivity contribution in [3.05, 3.63) is 16.4 Å². The SMILES string of the molecule is CCCn1ncc(Br)c1C1(O)CCCCC1. The second-order valence-corrected chi connectivity index (χ2v) is 5.51. The Morgan fingerprint density at radius 3 is 2.75 bits per heavy atom. The van der Waals surface area contributed by atoms with Gasteiger partial charge in [-0.15, -0.1) is 0 Å². The number of aromatic nitrogens is 2. The summed E-state index contributed by atoms with van der Waals surface area (Å²) < 4.78 is 2.90. The molecule has 0 unspecified atom stereocenters. The number of aliphatic hydroxyl groups is 1. The molecule has 0 aromatic carbocycles. The van der Waals surface area contributed by atoms with E-state index < -0.39 is 5.60 Å². The first-order valence-corrected chi connectivity index (χ1v) is 6.91. The number of hydrogen-bond donors (Lipinski definition) is 1. The summed E-state index contributed by atoms with van der Waals surface area (Å²) in [5, 5.41) is 15.1. The Kier molecular flexibility index (Phi) is 3.70. The maximum absolute atomic E-state index is 10.7. The molecule has 0 atom stereocenters. The van der Waals surface area contributed by atoms with Crippen LogP contribution in [0.3, 0.4) is 0 Å². The average Bonchev–Trinajstić information content (AvgIpc) is 2.62. The zero-order valence-electron chi connectivity index (χ0n) is 9.75. The van der Waals surface area contributed by atoms with Crippen molar-refractivity contribution in [1.82, 2.24) is 9.78 Å². The van der Waals surface area contributed by atoms with Gasteiger partial charge in [0.25, 0.3) is 0 Å². The van der Waals surface area contributed by atoms with Gasteiger partial charge in [-0.2, -0.15) is 5.10 Å². The maximum Gasteiger partial charge on any atom is 0.107 e. The molecule has 1 fully saturated rings. The number of rotatable bonds is 3. The van der Waals surface area contributed by atoms with Crippen LogP contribution in [0.2, 0.25) is 0 Å². The molecule has 0 radical (unpaired) electrons. The first kappa shape index (κ1) is 12.1. The fourth-order valence-corrected chi connectivity index (χ4v) is 3.25. The second-order valence-electron chi connectivity index (χ2n) is 4.66. The van der Waals surface area contributed by atoms with E-state index in [-0.39, 0.29) is 0 Å². The van der Waals surface area contributed by atoms with Gasteiger partial charge in [0, 0.05) is 6.54 Å². The van der Waals surface area contributed by atoms with Crippen molar-refractivity contribution in [2.75, 3.05) is 0 Å². The fourth-order valence-electron chi connectivity index (χ4n) is 2.58.